The summed E-state index contributed by atoms with van der Waals surface area (Å²) in [5.74, 6) is 1.65. The number of pyridine rings is 1. The molecule has 0 saturated carbocycles. The van der Waals surface area contributed by atoms with E-state index in [0.29, 0.717) is 34.2 Å². The van der Waals surface area contributed by atoms with Crippen LogP contribution in [-0.2, 0) is 6.54 Å². The molecule has 0 aliphatic carbocycles. The van der Waals surface area contributed by atoms with Crippen molar-refractivity contribution in [1.29, 1.82) is 0 Å². The molecule has 0 fully saturated rings. The van der Waals surface area contributed by atoms with Gasteiger partial charge >= 0.3 is 0 Å². The summed E-state index contributed by atoms with van der Waals surface area (Å²) < 4.78 is 5.21. The van der Waals surface area contributed by atoms with Gasteiger partial charge in [0.1, 0.15) is 5.82 Å². The van der Waals surface area contributed by atoms with Gasteiger partial charge in [-0.25, -0.2) is 4.98 Å². The van der Waals surface area contributed by atoms with E-state index in [2.05, 4.69) is 25.8 Å². The van der Waals surface area contributed by atoms with Gasteiger partial charge in [-0.2, -0.15) is 4.98 Å². The average Bonchev–Trinajstić information content (AvgIpc) is 3.05. The maximum Gasteiger partial charge on any atom is 0.246 e. The Balaban J connectivity index is 1.58. The number of halogens is 1. The second kappa shape index (κ2) is 7.37. The van der Waals surface area contributed by atoms with Gasteiger partial charge in [0, 0.05) is 16.8 Å². The summed E-state index contributed by atoms with van der Waals surface area (Å²) >= 11 is 11.1. The van der Waals surface area contributed by atoms with Crippen molar-refractivity contribution >= 4 is 34.7 Å². The van der Waals surface area contributed by atoms with E-state index in [1.54, 1.807) is 18.3 Å². The van der Waals surface area contributed by atoms with E-state index >= 15 is 0 Å². The van der Waals surface area contributed by atoms with Crippen molar-refractivity contribution in [3.05, 3.63) is 59.1 Å². The molecule has 0 bridgehead atoms. The zero-order valence-corrected chi connectivity index (χ0v) is 14.4. The summed E-state index contributed by atoms with van der Waals surface area (Å²) in [5, 5.41) is 11.1. The van der Waals surface area contributed by atoms with E-state index in [9.17, 15) is 0 Å². The molecule has 24 heavy (non-hydrogen) atoms. The lowest BCUT2D eigenvalue weighted by atomic mass is 10.2. The fourth-order valence-electron chi connectivity index (χ4n) is 1.97. The van der Waals surface area contributed by atoms with Crippen molar-refractivity contribution in [3.8, 4) is 11.4 Å². The van der Waals surface area contributed by atoms with Crippen LogP contribution < -0.4 is 10.6 Å². The predicted octanol–water partition coefficient (Wildman–Crippen LogP) is 3.58. The van der Waals surface area contributed by atoms with E-state index in [4.69, 9.17) is 28.3 Å². The van der Waals surface area contributed by atoms with Crippen LogP contribution in [-0.4, -0.2) is 20.2 Å². The lowest BCUT2D eigenvalue weighted by molar-refractivity contribution is 0.376. The highest BCUT2D eigenvalue weighted by molar-refractivity contribution is 7.80. The second-order valence-electron chi connectivity index (χ2n) is 5.00. The third kappa shape index (κ3) is 4.06. The largest absolute Gasteiger partial charge is 0.353 e. The molecule has 3 aromatic rings. The molecule has 122 valence electrons. The first kappa shape index (κ1) is 16.4. The second-order valence-corrected chi connectivity index (χ2v) is 5.84. The van der Waals surface area contributed by atoms with Crippen LogP contribution in [0.1, 0.15) is 11.5 Å². The number of hydrogen-bond donors (Lipinski definition) is 2. The average molecular weight is 360 g/mol. The molecule has 2 aromatic heterocycles. The zero-order chi connectivity index (χ0) is 16.9. The molecule has 0 radical (unpaired) electrons. The van der Waals surface area contributed by atoms with E-state index in [1.165, 1.54) is 0 Å². The van der Waals surface area contributed by atoms with E-state index in [0.717, 1.165) is 11.1 Å². The lowest BCUT2D eigenvalue weighted by Crippen LogP contribution is -2.28. The maximum absolute atomic E-state index is 5.87. The number of nitrogens with one attached hydrogen (secondary N) is 2. The molecule has 2 heterocycles. The smallest absolute Gasteiger partial charge is 0.246 e. The fourth-order valence-corrected chi connectivity index (χ4v) is 2.26. The quantitative estimate of drug-likeness (QED) is 0.689. The zero-order valence-electron chi connectivity index (χ0n) is 12.8. The van der Waals surface area contributed by atoms with E-state index < -0.39 is 0 Å². The minimum Gasteiger partial charge on any atom is -0.353 e. The number of aromatic nitrogens is 3. The number of aryl methyl sites for hydroxylation is 1. The molecule has 1 aromatic carbocycles. The highest BCUT2D eigenvalue weighted by Crippen LogP contribution is 2.18. The molecule has 3 rings (SSSR count). The third-order valence-corrected chi connectivity index (χ3v) is 3.71. The van der Waals surface area contributed by atoms with Crippen LogP contribution in [0, 0.1) is 6.92 Å². The molecule has 0 aliphatic rings. The first-order chi connectivity index (χ1) is 11.6. The first-order valence-corrected chi connectivity index (χ1v) is 7.95. The summed E-state index contributed by atoms with van der Waals surface area (Å²) in [6.45, 7) is 2.27. The van der Waals surface area contributed by atoms with Crippen LogP contribution in [0.25, 0.3) is 11.4 Å². The number of rotatable bonds is 4. The van der Waals surface area contributed by atoms with Gasteiger partial charge < -0.3 is 15.2 Å². The molecule has 0 aliphatic heterocycles. The number of hydrogen-bond acceptors (Lipinski definition) is 5. The molecule has 0 amide bonds. The molecular formula is C16H14ClN5OS. The first-order valence-electron chi connectivity index (χ1n) is 7.17. The number of nitrogens with zero attached hydrogens (tertiary/aromatic N) is 3. The van der Waals surface area contributed by atoms with Crippen molar-refractivity contribution in [1.82, 2.24) is 20.4 Å². The summed E-state index contributed by atoms with van der Waals surface area (Å²) in [4.78, 5) is 8.54. The van der Waals surface area contributed by atoms with Crippen molar-refractivity contribution in [2.24, 2.45) is 0 Å². The number of thiocarbonyl (C=S) groups is 1. The Hall–Kier alpha value is -2.51. The third-order valence-electron chi connectivity index (χ3n) is 3.21. The Labute approximate surface area is 149 Å². The molecule has 0 atom stereocenters. The summed E-state index contributed by atoms with van der Waals surface area (Å²) in [5.41, 5.74) is 1.84. The monoisotopic (exact) mass is 359 g/mol. The summed E-state index contributed by atoms with van der Waals surface area (Å²) in [6, 6.07) is 11.0. The van der Waals surface area contributed by atoms with Gasteiger partial charge in [0.05, 0.1) is 6.54 Å². The molecule has 0 saturated heterocycles. The van der Waals surface area contributed by atoms with Gasteiger partial charge in [0.15, 0.2) is 5.11 Å². The maximum atomic E-state index is 5.87. The van der Waals surface area contributed by atoms with E-state index in [-0.39, 0.29) is 0 Å². The topological polar surface area (TPSA) is 75.9 Å². The Morgan fingerprint density at radius 1 is 1.25 bits per heavy atom. The van der Waals surface area contributed by atoms with E-state index in [1.807, 2.05) is 31.2 Å². The minimum atomic E-state index is 0.318. The van der Waals surface area contributed by atoms with Crippen molar-refractivity contribution in [2.45, 2.75) is 13.5 Å². The highest BCUT2D eigenvalue weighted by atomic mass is 35.5. The van der Waals surface area contributed by atoms with Crippen LogP contribution in [0.15, 0.2) is 47.1 Å². The molecule has 0 spiro atoms. The Morgan fingerprint density at radius 3 is 2.79 bits per heavy atom. The standard InChI is InChI=1S/C16H14ClN5OS/c1-10-3-2-8-18-14(10)21-16(24)19-9-13-20-15(22-23-13)11-4-6-12(17)7-5-11/h2-8H,9H2,1H3,(H2,18,19,21,24). The van der Waals surface area contributed by atoms with Gasteiger partial charge in [0.25, 0.3) is 0 Å². The number of anilines is 1. The molecule has 8 heteroatoms. The van der Waals surface area contributed by atoms with Crippen LogP contribution in [0.2, 0.25) is 5.02 Å². The van der Waals surface area contributed by atoms with Gasteiger partial charge in [-0.15, -0.1) is 0 Å². The Morgan fingerprint density at radius 2 is 2.04 bits per heavy atom. The normalized spacial score (nSPS) is 10.4. The van der Waals surface area contributed by atoms with Crippen molar-refractivity contribution in [3.63, 3.8) is 0 Å². The van der Waals surface area contributed by atoms with Gasteiger partial charge in [0.2, 0.25) is 11.7 Å². The van der Waals surface area contributed by atoms with Crippen LogP contribution in [0.4, 0.5) is 5.82 Å². The van der Waals surface area contributed by atoms with Gasteiger partial charge in [-0.3, -0.25) is 0 Å². The molecule has 6 nitrogen and oxygen atoms in total. The van der Waals surface area contributed by atoms with Crippen LogP contribution in [0.5, 0.6) is 0 Å². The van der Waals surface area contributed by atoms with Crippen LogP contribution in [0.3, 0.4) is 0 Å². The van der Waals surface area contributed by atoms with Gasteiger partial charge in [-0.05, 0) is 55.0 Å². The highest BCUT2D eigenvalue weighted by Gasteiger charge is 2.09. The number of benzene rings is 1. The van der Waals surface area contributed by atoms with Crippen molar-refractivity contribution in [2.75, 3.05) is 5.32 Å². The van der Waals surface area contributed by atoms with Crippen LogP contribution >= 0.6 is 23.8 Å². The molecule has 2 N–H and O–H groups in total. The Bertz CT molecular complexity index is 850. The summed E-state index contributed by atoms with van der Waals surface area (Å²) in [7, 11) is 0. The van der Waals surface area contributed by atoms with Gasteiger partial charge in [-0.1, -0.05) is 22.8 Å². The minimum absolute atomic E-state index is 0.318. The SMILES string of the molecule is Cc1cccnc1NC(=S)NCc1nc(-c2ccc(Cl)cc2)no1. The Kier molecular flexibility index (Phi) is 5.02. The summed E-state index contributed by atoms with van der Waals surface area (Å²) in [6.07, 6.45) is 1.70. The predicted molar refractivity (Wildman–Crippen MR) is 96.8 cm³/mol. The molecule has 0 unspecified atom stereocenters. The molecular weight excluding hydrogens is 346 g/mol. The van der Waals surface area contributed by atoms with Crippen molar-refractivity contribution < 1.29 is 4.52 Å². The fraction of sp³-hybridized carbons (Fsp3) is 0.125. The lowest BCUT2D eigenvalue weighted by Gasteiger charge is -2.09.